The van der Waals surface area contributed by atoms with Crippen molar-refractivity contribution in [3.05, 3.63) is 69.7 Å². The van der Waals surface area contributed by atoms with E-state index in [2.05, 4.69) is 9.82 Å². The number of amides is 1. The Kier molecular flexibility index (Phi) is 8.28. The van der Waals surface area contributed by atoms with Crippen molar-refractivity contribution >= 4 is 21.6 Å². The summed E-state index contributed by atoms with van der Waals surface area (Å²) < 4.78 is 55.3. The maximum absolute atomic E-state index is 13.7. The fourth-order valence-electron chi connectivity index (χ4n) is 3.90. The third-order valence-corrected chi connectivity index (χ3v) is 7.85. The van der Waals surface area contributed by atoms with Crippen molar-refractivity contribution in [3.63, 3.8) is 0 Å². The van der Waals surface area contributed by atoms with Gasteiger partial charge in [0.05, 0.1) is 23.8 Å². The number of nitro groups is 1. The van der Waals surface area contributed by atoms with E-state index in [4.69, 9.17) is 9.47 Å². The Morgan fingerprint density at radius 1 is 1.23 bits per heavy atom. The van der Waals surface area contributed by atoms with Crippen LogP contribution in [-0.2, 0) is 14.8 Å². The minimum absolute atomic E-state index is 0.00735. The fraction of sp³-hybridized carbons (Fsp3) is 0.360. The highest BCUT2D eigenvalue weighted by molar-refractivity contribution is 7.89. The van der Waals surface area contributed by atoms with Crippen molar-refractivity contribution in [2.75, 3.05) is 26.3 Å². The zero-order valence-electron chi connectivity index (χ0n) is 21.6. The first-order valence-electron chi connectivity index (χ1n) is 12.2. The quantitative estimate of drug-likeness (QED) is 0.308. The standard InChI is InChI=1S/C25H28FN5O7S/c1-4-16(2)28-39(35,36)22-15-20(31(33)34)9-10-21(22)38-25-17(3)23(24(32)29-11-13-37-14-12-29)27-30(25)19-7-5-18(26)6-8-19/h5-10,15-16,28H,4,11-14H2,1-3H3/t16-/m1/s1. The lowest BCUT2D eigenvalue weighted by Gasteiger charge is -2.26. The van der Waals surface area contributed by atoms with Crippen molar-refractivity contribution in [2.45, 2.75) is 38.1 Å². The van der Waals surface area contributed by atoms with Crippen molar-refractivity contribution in [1.82, 2.24) is 19.4 Å². The molecule has 2 aromatic carbocycles. The van der Waals surface area contributed by atoms with Crippen LogP contribution in [0.5, 0.6) is 11.6 Å². The number of morpholine rings is 1. The van der Waals surface area contributed by atoms with E-state index in [9.17, 15) is 27.7 Å². The smallest absolute Gasteiger partial charge is 0.274 e. The predicted octanol–water partition coefficient (Wildman–Crippen LogP) is 3.57. The van der Waals surface area contributed by atoms with Gasteiger partial charge in [-0.1, -0.05) is 6.92 Å². The molecule has 12 nitrogen and oxygen atoms in total. The van der Waals surface area contributed by atoms with Crippen LogP contribution in [0.25, 0.3) is 5.69 Å². The summed E-state index contributed by atoms with van der Waals surface area (Å²) in [5, 5.41) is 15.9. The molecule has 39 heavy (non-hydrogen) atoms. The van der Waals surface area contributed by atoms with Gasteiger partial charge in [0.2, 0.25) is 15.9 Å². The normalized spacial score (nSPS) is 14.7. The number of benzene rings is 2. The number of rotatable bonds is 9. The molecule has 0 bridgehead atoms. The van der Waals surface area contributed by atoms with E-state index in [-0.39, 0.29) is 23.2 Å². The molecule has 1 amide bonds. The summed E-state index contributed by atoms with van der Waals surface area (Å²) in [7, 11) is -4.25. The van der Waals surface area contributed by atoms with Crippen LogP contribution in [0.1, 0.15) is 36.3 Å². The van der Waals surface area contributed by atoms with Gasteiger partial charge in [-0.05, 0) is 50.6 Å². The van der Waals surface area contributed by atoms with Crippen LogP contribution in [0.15, 0.2) is 47.4 Å². The molecule has 0 unspecified atom stereocenters. The maximum atomic E-state index is 13.7. The van der Waals surface area contributed by atoms with Crippen LogP contribution >= 0.6 is 0 Å². The van der Waals surface area contributed by atoms with E-state index in [1.807, 2.05) is 0 Å². The molecule has 14 heteroatoms. The second kappa shape index (κ2) is 11.5. The number of carbonyl (C=O) groups is 1. The van der Waals surface area contributed by atoms with Crippen LogP contribution in [0.3, 0.4) is 0 Å². The molecule has 4 rings (SSSR count). The molecule has 208 valence electrons. The number of aromatic nitrogens is 2. The van der Waals surface area contributed by atoms with Gasteiger partial charge in [-0.25, -0.2) is 17.5 Å². The number of ether oxygens (including phenoxy) is 2. The number of halogens is 1. The van der Waals surface area contributed by atoms with Crippen LogP contribution in [-0.4, -0.2) is 66.3 Å². The van der Waals surface area contributed by atoms with Crippen LogP contribution in [0.2, 0.25) is 0 Å². The number of non-ortho nitro benzene ring substituents is 1. The Morgan fingerprint density at radius 3 is 2.51 bits per heavy atom. The first kappa shape index (κ1) is 28.1. The first-order chi connectivity index (χ1) is 18.5. The number of hydrogen-bond donors (Lipinski definition) is 1. The number of nitrogens with zero attached hydrogens (tertiary/aromatic N) is 4. The molecular weight excluding hydrogens is 533 g/mol. The second-order valence-corrected chi connectivity index (χ2v) is 10.7. The Balaban J connectivity index is 1.85. The van der Waals surface area contributed by atoms with E-state index in [0.29, 0.717) is 44.0 Å². The molecule has 0 aliphatic carbocycles. The summed E-state index contributed by atoms with van der Waals surface area (Å²) in [5.74, 6) is -1.09. The van der Waals surface area contributed by atoms with E-state index < -0.39 is 37.4 Å². The second-order valence-electron chi connectivity index (χ2n) is 8.99. The molecule has 1 fully saturated rings. The van der Waals surface area contributed by atoms with Gasteiger partial charge in [-0.2, -0.15) is 9.78 Å². The van der Waals surface area contributed by atoms with Crippen LogP contribution in [0, 0.1) is 22.9 Å². The Morgan fingerprint density at radius 2 is 1.90 bits per heavy atom. The number of nitro benzene ring substituents is 1. The topological polar surface area (TPSA) is 146 Å². The summed E-state index contributed by atoms with van der Waals surface area (Å²) in [5.41, 5.74) is 0.256. The van der Waals surface area contributed by atoms with Gasteiger partial charge >= 0.3 is 0 Å². The molecule has 1 aromatic heterocycles. The Bertz CT molecular complexity index is 1490. The van der Waals surface area contributed by atoms with Crippen LogP contribution < -0.4 is 9.46 Å². The lowest BCUT2D eigenvalue weighted by molar-refractivity contribution is -0.385. The minimum Gasteiger partial charge on any atom is -0.437 e. The van der Waals surface area contributed by atoms with E-state index in [1.54, 1.807) is 25.7 Å². The van der Waals surface area contributed by atoms with Crippen LogP contribution in [0.4, 0.5) is 10.1 Å². The van der Waals surface area contributed by atoms with Gasteiger partial charge in [-0.3, -0.25) is 14.9 Å². The van der Waals surface area contributed by atoms with Gasteiger partial charge in [0.15, 0.2) is 5.69 Å². The van der Waals surface area contributed by atoms with Crippen molar-refractivity contribution in [2.24, 2.45) is 0 Å². The Labute approximate surface area is 224 Å². The molecule has 2 heterocycles. The highest BCUT2D eigenvalue weighted by Crippen LogP contribution is 2.36. The largest absolute Gasteiger partial charge is 0.437 e. The lowest BCUT2D eigenvalue weighted by atomic mass is 10.2. The minimum atomic E-state index is -4.25. The molecule has 0 radical (unpaired) electrons. The van der Waals surface area contributed by atoms with Gasteiger partial charge in [0.1, 0.15) is 16.5 Å². The molecule has 1 aliphatic heterocycles. The molecule has 1 atom stereocenters. The highest BCUT2D eigenvalue weighted by Gasteiger charge is 2.30. The molecule has 0 spiro atoms. The summed E-state index contributed by atoms with van der Waals surface area (Å²) in [6.45, 7) is 6.52. The molecule has 1 aliphatic rings. The summed E-state index contributed by atoms with van der Waals surface area (Å²) in [6.07, 6.45) is 0.480. The summed E-state index contributed by atoms with van der Waals surface area (Å²) in [4.78, 5) is 25.2. The molecule has 1 N–H and O–H groups in total. The zero-order chi connectivity index (χ0) is 28.3. The monoisotopic (exact) mass is 561 g/mol. The van der Waals surface area contributed by atoms with Gasteiger partial charge in [0, 0.05) is 36.8 Å². The van der Waals surface area contributed by atoms with Crippen molar-refractivity contribution in [3.8, 4) is 17.3 Å². The third-order valence-electron chi connectivity index (χ3n) is 6.24. The summed E-state index contributed by atoms with van der Waals surface area (Å²) >= 11 is 0. The number of sulfonamides is 1. The highest BCUT2D eigenvalue weighted by atomic mass is 32.2. The maximum Gasteiger partial charge on any atom is 0.274 e. The number of hydrogen-bond acceptors (Lipinski definition) is 8. The molecule has 0 saturated carbocycles. The first-order valence-corrected chi connectivity index (χ1v) is 13.7. The molecule has 3 aromatic rings. The number of nitrogens with one attached hydrogen (secondary N) is 1. The average molecular weight is 562 g/mol. The predicted molar refractivity (Wildman–Crippen MR) is 138 cm³/mol. The van der Waals surface area contributed by atoms with E-state index in [1.165, 1.54) is 35.0 Å². The Hall–Kier alpha value is -3.88. The van der Waals surface area contributed by atoms with Crippen molar-refractivity contribution < 1.29 is 32.0 Å². The fourth-order valence-corrected chi connectivity index (χ4v) is 5.37. The SMILES string of the molecule is CC[C@@H](C)NS(=O)(=O)c1cc([N+](=O)[O-])ccc1Oc1c(C)c(C(=O)N2CCOCC2)nn1-c1ccc(F)cc1. The third kappa shape index (κ3) is 6.08. The lowest BCUT2D eigenvalue weighted by Crippen LogP contribution is -2.41. The van der Waals surface area contributed by atoms with E-state index >= 15 is 0 Å². The zero-order valence-corrected chi connectivity index (χ0v) is 22.4. The van der Waals surface area contributed by atoms with Gasteiger partial charge in [-0.15, -0.1) is 0 Å². The molecule has 1 saturated heterocycles. The summed E-state index contributed by atoms with van der Waals surface area (Å²) in [6, 6.07) is 8.01. The average Bonchev–Trinajstić information content (AvgIpc) is 3.24. The number of carbonyl (C=O) groups excluding carboxylic acids is 1. The van der Waals surface area contributed by atoms with Gasteiger partial charge in [0.25, 0.3) is 11.6 Å². The van der Waals surface area contributed by atoms with Crippen molar-refractivity contribution in [1.29, 1.82) is 0 Å². The van der Waals surface area contributed by atoms with E-state index in [0.717, 1.165) is 12.1 Å². The van der Waals surface area contributed by atoms with Gasteiger partial charge < -0.3 is 14.4 Å². The molecular formula is C25H28FN5O7S.